The second-order valence-electron chi connectivity index (χ2n) is 5.45. The van der Waals surface area contributed by atoms with Gasteiger partial charge >= 0.3 is 0 Å². The van der Waals surface area contributed by atoms with E-state index in [1.165, 1.54) is 10.4 Å². The van der Waals surface area contributed by atoms with Crippen LogP contribution in [0.25, 0.3) is 0 Å². The van der Waals surface area contributed by atoms with Gasteiger partial charge in [-0.15, -0.1) is 11.3 Å². The first-order valence-electron chi connectivity index (χ1n) is 6.71. The van der Waals surface area contributed by atoms with Crippen LogP contribution in [-0.2, 0) is 12.0 Å². The molecule has 0 saturated carbocycles. The average molecular weight is 273 g/mol. The highest BCUT2D eigenvalue weighted by Gasteiger charge is 2.36. The lowest BCUT2D eigenvalue weighted by atomic mass is 9.86. The number of hydrogen-bond acceptors (Lipinski definition) is 3. The molecule has 2 heterocycles. The van der Waals surface area contributed by atoms with E-state index in [-0.39, 0.29) is 6.04 Å². The predicted molar refractivity (Wildman–Crippen MR) is 80.8 cm³/mol. The van der Waals surface area contributed by atoms with Crippen LogP contribution >= 0.6 is 11.3 Å². The lowest BCUT2D eigenvalue weighted by Crippen LogP contribution is -2.43. The minimum absolute atomic E-state index is 0.0699. The molecule has 3 rings (SSSR count). The fourth-order valence-electron chi connectivity index (χ4n) is 2.74. The van der Waals surface area contributed by atoms with Crippen LogP contribution in [0.1, 0.15) is 28.7 Å². The number of nitrogens with one attached hydrogen (secondary N) is 1. The molecule has 2 aromatic rings. The zero-order valence-electron chi connectivity index (χ0n) is 11.3. The number of benzene rings is 1. The molecule has 1 aliphatic rings. The van der Waals surface area contributed by atoms with Gasteiger partial charge in [-0.3, -0.25) is 0 Å². The summed E-state index contributed by atoms with van der Waals surface area (Å²) in [6.45, 7) is 4.00. The highest BCUT2D eigenvalue weighted by Crippen LogP contribution is 2.37. The summed E-state index contributed by atoms with van der Waals surface area (Å²) in [6.07, 6.45) is 1.98. The van der Waals surface area contributed by atoms with Crippen molar-refractivity contribution < 1.29 is 5.11 Å². The van der Waals surface area contributed by atoms with Gasteiger partial charge in [0.05, 0.1) is 6.04 Å². The number of aliphatic hydroxyl groups is 1. The minimum atomic E-state index is -0.813. The van der Waals surface area contributed by atoms with Crippen molar-refractivity contribution in [3.05, 3.63) is 51.7 Å². The van der Waals surface area contributed by atoms with Gasteiger partial charge < -0.3 is 10.4 Å². The molecule has 2 nitrogen and oxygen atoms in total. The van der Waals surface area contributed by atoms with Gasteiger partial charge in [-0.25, -0.2) is 0 Å². The lowest BCUT2D eigenvalue weighted by Gasteiger charge is -2.37. The van der Waals surface area contributed by atoms with Gasteiger partial charge in [-0.1, -0.05) is 18.2 Å². The van der Waals surface area contributed by atoms with Crippen LogP contribution in [-0.4, -0.2) is 11.1 Å². The summed E-state index contributed by atoms with van der Waals surface area (Å²) in [4.78, 5) is 2.29. The van der Waals surface area contributed by atoms with Crippen molar-refractivity contribution in [1.82, 2.24) is 0 Å². The van der Waals surface area contributed by atoms with Gasteiger partial charge in [0.15, 0.2) is 0 Å². The standard InChI is InChI=1S/C16H19NOS/c1-11-7-10-15(19-11)16(2,18)14-9-8-12-5-3-4-6-13(12)17-14/h3-7,10,14,17-18H,8-9H2,1-2H3. The summed E-state index contributed by atoms with van der Waals surface area (Å²) in [5, 5.41) is 14.4. The van der Waals surface area contributed by atoms with Crippen LogP contribution in [0, 0.1) is 6.92 Å². The number of para-hydroxylation sites is 1. The molecule has 2 atom stereocenters. The molecule has 0 radical (unpaired) electrons. The van der Waals surface area contributed by atoms with Gasteiger partial charge in [-0.2, -0.15) is 0 Å². The number of fused-ring (bicyclic) bond motifs is 1. The SMILES string of the molecule is Cc1ccc(C(C)(O)C2CCc3ccccc3N2)s1. The van der Waals surface area contributed by atoms with Crippen molar-refractivity contribution in [2.45, 2.75) is 38.3 Å². The summed E-state index contributed by atoms with van der Waals surface area (Å²) in [5.41, 5.74) is 1.69. The lowest BCUT2D eigenvalue weighted by molar-refractivity contribution is 0.0359. The molecule has 0 spiro atoms. The molecule has 0 amide bonds. The van der Waals surface area contributed by atoms with Gasteiger partial charge in [0.25, 0.3) is 0 Å². The van der Waals surface area contributed by atoms with E-state index >= 15 is 0 Å². The molecule has 0 bridgehead atoms. The fraction of sp³-hybridized carbons (Fsp3) is 0.375. The zero-order chi connectivity index (χ0) is 13.5. The maximum Gasteiger partial charge on any atom is 0.116 e. The van der Waals surface area contributed by atoms with Crippen LogP contribution in [0.5, 0.6) is 0 Å². The molecule has 1 aromatic heterocycles. The van der Waals surface area contributed by atoms with E-state index < -0.39 is 5.60 Å². The summed E-state index contributed by atoms with van der Waals surface area (Å²) in [5.74, 6) is 0. The first kappa shape index (κ1) is 12.7. The molecule has 1 aliphatic heterocycles. The highest BCUT2D eigenvalue weighted by molar-refractivity contribution is 7.12. The Bertz CT molecular complexity index is 588. The number of rotatable bonds is 2. The summed E-state index contributed by atoms with van der Waals surface area (Å²) >= 11 is 1.68. The average Bonchev–Trinajstić information content (AvgIpc) is 2.85. The van der Waals surface area contributed by atoms with Gasteiger partial charge in [0, 0.05) is 15.4 Å². The normalized spacial score (nSPS) is 21.3. The van der Waals surface area contributed by atoms with E-state index in [9.17, 15) is 5.11 Å². The predicted octanol–water partition coefficient (Wildman–Crippen LogP) is 3.69. The van der Waals surface area contributed by atoms with Crippen molar-refractivity contribution in [2.24, 2.45) is 0 Å². The van der Waals surface area contributed by atoms with Crippen molar-refractivity contribution >= 4 is 17.0 Å². The van der Waals surface area contributed by atoms with Crippen molar-refractivity contribution in [3.8, 4) is 0 Å². The van der Waals surface area contributed by atoms with Crippen LogP contribution in [0.3, 0.4) is 0 Å². The van der Waals surface area contributed by atoms with E-state index in [4.69, 9.17) is 0 Å². The maximum atomic E-state index is 10.9. The number of hydrogen-bond donors (Lipinski definition) is 2. The summed E-state index contributed by atoms with van der Waals surface area (Å²) < 4.78 is 0. The minimum Gasteiger partial charge on any atom is -0.382 e. The number of anilines is 1. The monoisotopic (exact) mass is 273 g/mol. The Balaban J connectivity index is 1.88. The molecule has 0 fully saturated rings. The topological polar surface area (TPSA) is 32.3 Å². The van der Waals surface area contributed by atoms with Crippen LogP contribution in [0.15, 0.2) is 36.4 Å². The molecule has 2 N–H and O–H groups in total. The Kier molecular flexibility index (Phi) is 3.11. The third-order valence-electron chi connectivity index (χ3n) is 3.97. The van der Waals surface area contributed by atoms with E-state index in [1.807, 2.05) is 19.1 Å². The van der Waals surface area contributed by atoms with Crippen LogP contribution in [0.2, 0.25) is 0 Å². The molecule has 19 heavy (non-hydrogen) atoms. The third-order valence-corrected chi connectivity index (χ3v) is 5.19. The van der Waals surface area contributed by atoms with Crippen LogP contribution in [0.4, 0.5) is 5.69 Å². The Hall–Kier alpha value is -1.32. The molecule has 2 unspecified atom stereocenters. The summed E-state index contributed by atoms with van der Waals surface area (Å²) in [7, 11) is 0. The first-order valence-corrected chi connectivity index (χ1v) is 7.53. The smallest absolute Gasteiger partial charge is 0.116 e. The largest absolute Gasteiger partial charge is 0.382 e. The summed E-state index contributed by atoms with van der Waals surface area (Å²) in [6, 6.07) is 12.5. The molecular weight excluding hydrogens is 254 g/mol. The number of aryl methyl sites for hydroxylation is 2. The second-order valence-corrected chi connectivity index (χ2v) is 6.74. The van der Waals surface area contributed by atoms with E-state index in [0.29, 0.717) is 0 Å². The van der Waals surface area contributed by atoms with E-state index in [0.717, 1.165) is 23.4 Å². The Morgan fingerprint density at radius 3 is 2.79 bits per heavy atom. The van der Waals surface area contributed by atoms with E-state index in [1.54, 1.807) is 11.3 Å². The molecule has 100 valence electrons. The Labute approximate surface area is 118 Å². The molecular formula is C16H19NOS. The maximum absolute atomic E-state index is 10.9. The van der Waals surface area contributed by atoms with Gasteiger partial charge in [0.1, 0.15) is 5.60 Å². The van der Waals surface area contributed by atoms with E-state index in [2.05, 4.69) is 36.5 Å². The van der Waals surface area contributed by atoms with Crippen LogP contribution < -0.4 is 5.32 Å². The number of thiophene rings is 1. The Morgan fingerprint density at radius 2 is 2.05 bits per heavy atom. The first-order chi connectivity index (χ1) is 9.07. The molecule has 1 aromatic carbocycles. The fourth-order valence-corrected chi connectivity index (χ4v) is 3.71. The van der Waals surface area contributed by atoms with Gasteiger partial charge in [0.2, 0.25) is 0 Å². The zero-order valence-corrected chi connectivity index (χ0v) is 12.1. The third kappa shape index (κ3) is 2.28. The van der Waals surface area contributed by atoms with Crippen molar-refractivity contribution in [2.75, 3.05) is 5.32 Å². The van der Waals surface area contributed by atoms with Crippen molar-refractivity contribution in [1.29, 1.82) is 0 Å². The highest BCUT2D eigenvalue weighted by atomic mass is 32.1. The molecule has 0 aliphatic carbocycles. The molecule has 0 saturated heterocycles. The van der Waals surface area contributed by atoms with Gasteiger partial charge in [-0.05, 0) is 50.5 Å². The quantitative estimate of drug-likeness (QED) is 0.874. The Morgan fingerprint density at radius 1 is 1.26 bits per heavy atom. The molecule has 3 heteroatoms. The second kappa shape index (κ2) is 4.66. The van der Waals surface area contributed by atoms with Crippen molar-refractivity contribution in [3.63, 3.8) is 0 Å².